The Labute approximate surface area is 243 Å². The fraction of sp³-hybridized carbons (Fsp3) is 0.667. The molecule has 2 N–H and O–H groups in total. The van der Waals surface area contributed by atoms with Crippen LogP contribution in [0.3, 0.4) is 0 Å². The zero-order valence-electron chi connectivity index (χ0n) is 26.0. The number of ether oxygens (including phenoxy) is 5. The fourth-order valence-electron chi connectivity index (χ4n) is 2.95. The summed E-state index contributed by atoms with van der Waals surface area (Å²) in [7, 11) is 0. The number of hydrogen-bond donors (Lipinski definition) is 2. The van der Waals surface area contributed by atoms with Gasteiger partial charge in [0, 0.05) is 6.54 Å². The van der Waals surface area contributed by atoms with Crippen molar-refractivity contribution in [1.82, 2.24) is 5.32 Å². The summed E-state index contributed by atoms with van der Waals surface area (Å²) in [4.78, 5) is 49.0. The van der Waals surface area contributed by atoms with Crippen LogP contribution in [0.15, 0.2) is 18.2 Å². The molecule has 1 aromatic carbocycles. The van der Waals surface area contributed by atoms with Gasteiger partial charge in [-0.1, -0.05) is 54.5 Å². The molecule has 0 aliphatic heterocycles. The fourth-order valence-corrected chi connectivity index (χ4v) is 2.95. The molecular weight excluding hydrogens is 534 g/mol. The molecule has 0 fully saturated rings. The third-order valence-corrected chi connectivity index (χ3v) is 5.78. The highest BCUT2D eigenvalue weighted by molar-refractivity contribution is 5.76. The monoisotopic (exact) mass is 581 g/mol. The minimum absolute atomic E-state index is 0.0153. The van der Waals surface area contributed by atoms with E-state index in [1.54, 1.807) is 26.8 Å². The Morgan fingerprint density at radius 3 is 1.83 bits per heavy atom. The van der Waals surface area contributed by atoms with Crippen LogP contribution in [-0.4, -0.2) is 61.3 Å². The maximum Gasteiger partial charge on any atom is 0.513 e. The number of carbonyl (C=O) groups is 4. The summed E-state index contributed by atoms with van der Waals surface area (Å²) in [5, 5.41) is 12.7. The number of hydrogen-bond acceptors (Lipinski definition) is 10. The molecule has 0 amide bonds. The second-order valence-corrected chi connectivity index (χ2v) is 13.1. The maximum atomic E-state index is 12.4. The number of nitrogens with one attached hydrogen (secondary N) is 1. The van der Waals surface area contributed by atoms with Gasteiger partial charge in [0.25, 0.3) is 0 Å². The number of rotatable bonds is 13. The van der Waals surface area contributed by atoms with Gasteiger partial charge in [-0.25, -0.2) is 9.59 Å². The first-order valence-corrected chi connectivity index (χ1v) is 13.7. The molecule has 0 aromatic heterocycles. The molecule has 1 aromatic rings. The molecule has 0 aliphatic rings. The lowest BCUT2D eigenvalue weighted by Gasteiger charge is -2.24. The molecule has 0 saturated carbocycles. The topological polar surface area (TPSA) is 147 Å². The van der Waals surface area contributed by atoms with Gasteiger partial charge in [0.2, 0.25) is 0 Å². The van der Waals surface area contributed by atoms with Crippen molar-refractivity contribution in [3.05, 3.63) is 23.8 Å². The summed E-state index contributed by atoms with van der Waals surface area (Å²) in [6, 6.07) is 3.27. The Bertz CT molecular complexity index is 1050. The number of esters is 1. The molecule has 11 nitrogen and oxygen atoms in total. The molecule has 41 heavy (non-hydrogen) atoms. The van der Waals surface area contributed by atoms with Gasteiger partial charge in [-0.2, -0.15) is 0 Å². The molecule has 2 atom stereocenters. The third kappa shape index (κ3) is 14.2. The SMILES string of the molecule is CCC(C)(C)C(=O)OC(C)CN[C@@H](Cc1ccc(OC(=O)OCC(C)(C)C)c(OC(=O)OCC(C)(C)C)c1)C(=O)O. The summed E-state index contributed by atoms with van der Waals surface area (Å²) in [5.74, 6) is -1.73. The molecule has 232 valence electrons. The van der Waals surface area contributed by atoms with E-state index in [4.69, 9.17) is 23.7 Å². The van der Waals surface area contributed by atoms with Crippen molar-refractivity contribution in [1.29, 1.82) is 0 Å². The van der Waals surface area contributed by atoms with E-state index in [0.29, 0.717) is 12.0 Å². The van der Waals surface area contributed by atoms with E-state index in [9.17, 15) is 24.3 Å². The van der Waals surface area contributed by atoms with Gasteiger partial charge in [-0.15, -0.1) is 0 Å². The first kappa shape index (κ1) is 35.7. The highest BCUT2D eigenvalue weighted by Crippen LogP contribution is 2.30. The predicted molar refractivity (Wildman–Crippen MR) is 152 cm³/mol. The zero-order chi connectivity index (χ0) is 31.6. The first-order chi connectivity index (χ1) is 18.7. The van der Waals surface area contributed by atoms with Crippen LogP contribution in [0.2, 0.25) is 0 Å². The first-order valence-electron chi connectivity index (χ1n) is 13.7. The highest BCUT2D eigenvalue weighted by atomic mass is 16.7. The van der Waals surface area contributed by atoms with Gasteiger partial charge in [0.15, 0.2) is 11.5 Å². The van der Waals surface area contributed by atoms with Crippen molar-refractivity contribution in [3.8, 4) is 11.5 Å². The van der Waals surface area contributed by atoms with E-state index in [1.807, 2.05) is 48.5 Å². The number of carbonyl (C=O) groups excluding carboxylic acids is 3. The van der Waals surface area contributed by atoms with Crippen molar-refractivity contribution < 1.29 is 48.0 Å². The third-order valence-electron chi connectivity index (χ3n) is 5.78. The van der Waals surface area contributed by atoms with E-state index >= 15 is 0 Å². The molecule has 0 heterocycles. The molecule has 1 rings (SSSR count). The second-order valence-electron chi connectivity index (χ2n) is 13.1. The number of aliphatic carboxylic acids is 1. The Balaban J connectivity index is 3.06. The summed E-state index contributed by atoms with van der Waals surface area (Å²) < 4.78 is 26.4. The minimum Gasteiger partial charge on any atom is -0.480 e. The van der Waals surface area contributed by atoms with Gasteiger partial charge >= 0.3 is 24.2 Å². The Morgan fingerprint density at radius 1 is 0.854 bits per heavy atom. The smallest absolute Gasteiger partial charge is 0.480 e. The lowest BCUT2D eigenvalue weighted by molar-refractivity contribution is -0.158. The maximum absolute atomic E-state index is 12.4. The normalized spacial score (nSPS) is 13.5. The summed E-state index contributed by atoms with van der Waals surface area (Å²) in [6.45, 7) is 18.7. The summed E-state index contributed by atoms with van der Waals surface area (Å²) in [6.07, 6.45) is -1.98. The van der Waals surface area contributed by atoms with E-state index < -0.39 is 35.8 Å². The Hall–Kier alpha value is -3.34. The van der Waals surface area contributed by atoms with Crippen LogP contribution in [0, 0.1) is 16.2 Å². The molecular formula is C30H47NO10. The van der Waals surface area contributed by atoms with E-state index in [0.717, 1.165) is 0 Å². The average Bonchev–Trinajstić information content (AvgIpc) is 2.84. The van der Waals surface area contributed by atoms with Gasteiger partial charge in [0.1, 0.15) is 12.1 Å². The van der Waals surface area contributed by atoms with Crippen LogP contribution in [0.4, 0.5) is 9.59 Å². The van der Waals surface area contributed by atoms with Crippen molar-refractivity contribution in [2.24, 2.45) is 16.2 Å². The Morgan fingerprint density at radius 2 is 1.37 bits per heavy atom. The van der Waals surface area contributed by atoms with Crippen LogP contribution in [-0.2, 0) is 30.2 Å². The van der Waals surface area contributed by atoms with E-state index in [1.165, 1.54) is 12.1 Å². The lowest BCUT2D eigenvalue weighted by Crippen LogP contribution is -2.43. The van der Waals surface area contributed by atoms with Crippen molar-refractivity contribution >= 4 is 24.2 Å². The Kier molecular flexibility index (Phi) is 13.1. The minimum atomic E-state index is -1.13. The molecule has 0 spiro atoms. The zero-order valence-corrected chi connectivity index (χ0v) is 26.0. The van der Waals surface area contributed by atoms with Crippen LogP contribution in [0.25, 0.3) is 0 Å². The summed E-state index contributed by atoms with van der Waals surface area (Å²) in [5.41, 5.74) is -0.779. The average molecular weight is 582 g/mol. The molecule has 0 radical (unpaired) electrons. The molecule has 0 aliphatic carbocycles. The molecule has 0 saturated heterocycles. The number of carboxylic acids is 1. The van der Waals surface area contributed by atoms with Crippen LogP contribution in [0.1, 0.15) is 81.2 Å². The largest absolute Gasteiger partial charge is 0.513 e. The van der Waals surface area contributed by atoms with Gasteiger partial charge in [0.05, 0.1) is 18.6 Å². The van der Waals surface area contributed by atoms with Gasteiger partial charge < -0.3 is 34.1 Å². The van der Waals surface area contributed by atoms with Crippen molar-refractivity contribution in [3.63, 3.8) is 0 Å². The number of benzene rings is 1. The number of carboxylic acid groups (broad SMARTS) is 1. The van der Waals surface area contributed by atoms with Crippen molar-refractivity contribution in [2.45, 2.75) is 94.2 Å². The lowest BCUT2D eigenvalue weighted by atomic mass is 9.90. The second kappa shape index (κ2) is 15.0. The van der Waals surface area contributed by atoms with Crippen molar-refractivity contribution in [2.75, 3.05) is 19.8 Å². The quantitative estimate of drug-likeness (QED) is 0.166. The standard InChI is InChI=1S/C30H47NO10/c1-11-30(9,10)25(34)39-19(2)16-31-21(24(32)33)14-20-12-13-22(40-26(35)37-17-28(3,4)5)23(15-20)41-27(36)38-18-29(6,7)8/h12-13,15,19,21,31H,11,14,16-18H2,1-10H3,(H,32,33)/t19?,21-/m0/s1. The van der Waals surface area contributed by atoms with Crippen LogP contribution in [0.5, 0.6) is 11.5 Å². The molecule has 1 unspecified atom stereocenters. The molecule has 0 bridgehead atoms. The highest BCUT2D eigenvalue weighted by Gasteiger charge is 2.29. The van der Waals surface area contributed by atoms with E-state index in [2.05, 4.69) is 5.32 Å². The predicted octanol–water partition coefficient (Wildman–Crippen LogP) is 5.76. The van der Waals surface area contributed by atoms with Crippen LogP contribution >= 0.6 is 0 Å². The van der Waals surface area contributed by atoms with Gasteiger partial charge in [-0.3, -0.25) is 9.59 Å². The van der Waals surface area contributed by atoms with Gasteiger partial charge in [-0.05, 0) is 62.1 Å². The van der Waals surface area contributed by atoms with E-state index in [-0.39, 0.29) is 54.5 Å². The molecule has 11 heteroatoms. The van der Waals surface area contributed by atoms with Crippen LogP contribution < -0.4 is 14.8 Å². The summed E-state index contributed by atoms with van der Waals surface area (Å²) >= 11 is 0.